The monoisotopic (exact) mass is 254 g/mol. The molecule has 1 aromatic rings. The van der Waals surface area contributed by atoms with E-state index in [9.17, 15) is 26.7 Å². The Bertz CT molecular complexity index is 414. The van der Waals surface area contributed by atoms with Crippen molar-refractivity contribution in [2.75, 3.05) is 13.2 Å². The van der Waals surface area contributed by atoms with Crippen molar-refractivity contribution >= 4 is 5.78 Å². The van der Waals surface area contributed by atoms with Crippen LogP contribution in [0.3, 0.4) is 0 Å². The molecule has 0 N–H and O–H groups in total. The van der Waals surface area contributed by atoms with E-state index >= 15 is 0 Å². The average Bonchev–Trinajstić information content (AvgIpc) is 2.19. The van der Waals surface area contributed by atoms with E-state index in [1.807, 2.05) is 0 Å². The maximum absolute atomic E-state index is 13.0. The standard InChI is InChI=1S/C10H7F5O2/c11-6-1-2-8(12)7(3-6)9(16)4-17-5-10(13,14)15/h1-3H,4-5H2. The fraction of sp³-hybridized carbons (Fsp3) is 0.300. The van der Waals surface area contributed by atoms with Crippen molar-refractivity contribution in [1.29, 1.82) is 0 Å². The van der Waals surface area contributed by atoms with Gasteiger partial charge < -0.3 is 4.74 Å². The van der Waals surface area contributed by atoms with Crippen molar-refractivity contribution in [3.8, 4) is 0 Å². The summed E-state index contributed by atoms with van der Waals surface area (Å²) in [6.07, 6.45) is -4.57. The summed E-state index contributed by atoms with van der Waals surface area (Å²) in [7, 11) is 0. The summed E-state index contributed by atoms with van der Waals surface area (Å²) in [4.78, 5) is 11.2. The van der Waals surface area contributed by atoms with Gasteiger partial charge in [0.05, 0.1) is 5.56 Å². The van der Waals surface area contributed by atoms with E-state index in [0.29, 0.717) is 12.1 Å². The van der Waals surface area contributed by atoms with Crippen LogP contribution < -0.4 is 0 Å². The molecule has 0 unspecified atom stereocenters. The smallest absolute Gasteiger partial charge is 0.364 e. The first kappa shape index (κ1) is 13.6. The number of halogens is 5. The summed E-state index contributed by atoms with van der Waals surface area (Å²) < 4.78 is 64.8. The van der Waals surface area contributed by atoms with Crippen LogP contribution in [0.5, 0.6) is 0 Å². The van der Waals surface area contributed by atoms with Crippen LogP contribution in [-0.4, -0.2) is 25.2 Å². The van der Waals surface area contributed by atoms with Crippen molar-refractivity contribution < 1.29 is 31.5 Å². The SMILES string of the molecule is O=C(COCC(F)(F)F)c1cc(F)ccc1F. The van der Waals surface area contributed by atoms with Gasteiger partial charge in [0.15, 0.2) is 5.78 Å². The number of hydrogen-bond acceptors (Lipinski definition) is 2. The summed E-state index contributed by atoms with van der Waals surface area (Å²) in [6, 6.07) is 2.11. The minimum atomic E-state index is -4.57. The highest BCUT2D eigenvalue weighted by molar-refractivity contribution is 5.97. The second-order valence-corrected chi connectivity index (χ2v) is 3.16. The van der Waals surface area contributed by atoms with Gasteiger partial charge in [-0.15, -0.1) is 0 Å². The number of Topliss-reactive ketones (excluding diaryl/α,β-unsaturated/α-hetero) is 1. The van der Waals surface area contributed by atoms with Gasteiger partial charge in [0.1, 0.15) is 24.8 Å². The Kier molecular flexibility index (Phi) is 4.17. The predicted molar refractivity (Wildman–Crippen MR) is 47.6 cm³/mol. The molecule has 0 fully saturated rings. The molecule has 2 nitrogen and oxygen atoms in total. The molecule has 0 amide bonds. The summed E-state index contributed by atoms with van der Waals surface area (Å²) >= 11 is 0. The Hall–Kier alpha value is -1.50. The Labute approximate surface area is 93.0 Å². The summed E-state index contributed by atoms with van der Waals surface area (Å²) in [5, 5.41) is 0. The lowest BCUT2D eigenvalue weighted by Crippen LogP contribution is -2.21. The third-order valence-corrected chi connectivity index (χ3v) is 1.73. The summed E-state index contributed by atoms with van der Waals surface area (Å²) in [6.45, 7) is -2.57. The first-order valence-electron chi connectivity index (χ1n) is 4.42. The second-order valence-electron chi connectivity index (χ2n) is 3.16. The molecule has 0 aromatic heterocycles. The minimum absolute atomic E-state index is 0.606. The highest BCUT2D eigenvalue weighted by Gasteiger charge is 2.28. The topological polar surface area (TPSA) is 26.3 Å². The average molecular weight is 254 g/mol. The third kappa shape index (κ3) is 4.48. The number of ketones is 1. The van der Waals surface area contributed by atoms with Crippen LogP contribution in [0.4, 0.5) is 22.0 Å². The van der Waals surface area contributed by atoms with E-state index in [0.717, 1.165) is 6.07 Å². The van der Waals surface area contributed by atoms with Crippen molar-refractivity contribution in [3.05, 3.63) is 35.4 Å². The molecule has 0 heterocycles. The number of carbonyl (C=O) groups is 1. The number of alkyl halides is 3. The summed E-state index contributed by atoms with van der Waals surface area (Å²) in [5.74, 6) is -2.91. The molecular weight excluding hydrogens is 247 g/mol. The predicted octanol–water partition coefficient (Wildman–Crippen LogP) is 2.73. The zero-order valence-corrected chi connectivity index (χ0v) is 8.35. The molecule has 0 saturated heterocycles. The van der Waals surface area contributed by atoms with Gasteiger partial charge in [-0.1, -0.05) is 0 Å². The zero-order valence-electron chi connectivity index (χ0n) is 8.35. The largest absolute Gasteiger partial charge is 0.411 e. The Morgan fingerprint density at radius 2 is 1.88 bits per heavy atom. The molecule has 0 atom stereocenters. The van der Waals surface area contributed by atoms with Crippen LogP contribution in [-0.2, 0) is 4.74 Å². The normalized spacial score (nSPS) is 11.6. The van der Waals surface area contributed by atoms with E-state index in [-0.39, 0.29) is 0 Å². The molecule has 1 rings (SSSR count). The lowest BCUT2D eigenvalue weighted by Gasteiger charge is -2.07. The first-order chi connectivity index (χ1) is 7.79. The van der Waals surface area contributed by atoms with Crippen LogP contribution >= 0.6 is 0 Å². The quantitative estimate of drug-likeness (QED) is 0.610. The molecule has 0 saturated carbocycles. The molecule has 0 aliphatic carbocycles. The maximum atomic E-state index is 13.0. The lowest BCUT2D eigenvalue weighted by atomic mass is 10.1. The molecule has 7 heteroatoms. The molecule has 0 aliphatic rings. The Morgan fingerprint density at radius 1 is 1.24 bits per heavy atom. The second kappa shape index (κ2) is 5.22. The van der Waals surface area contributed by atoms with E-state index in [1.165, 1.54) is 0 Å². The minimum Gasteiger partial charge on any atom is -0.364 e. The van der Waals surface area contributed by atoms with Crippen LogP contribution in [0.2, 0.25) is 0 Å². The molecule has 0 bridgehead atoms. The van der Waals surface area contributed by atoms with Crippen LogP contribution in [0.25, 0.3) is 0 Å². The van der Waals surface area contributed by atoms with Gasteiger partial charge in [-0.3, -0.25) is 4.79 Å². The van der Waals surface area contributed by atoms with Gasteiger partial charge in [0, 0.05) is 0 Å². The molecule has 0 radical (unpaired) electrons. The number of carbonyl (C=O) groups excluding carboxylic acids is 1. The number of benzene rings is 1. The third-order valence-electron chi connectivity index (χ3n) is 1.73. The molecule has 1 aromatic carbocycles. The molecule has 0 spiro atoms. The van der Waals surface area contributed by atoms with Crippen molar-refractivity contribution in [2.45, 2.75) is 6.18 Å². The van der Waals surface area contributed by atoms with Gasteiger partial charge in [0.25, 0.3) is 0 Å². The van der Waals surface area contributed by atoms with Gasteiger partial charge in [-0.25, -0.2) is 8.78 Å². The van der Waals surface area contributed by atoms with E-state index in [1.54, 1.807) is 0 Å². The molecule has 0 aliphatic heterocycles. The highest BCUT2D eigenvalue weighted by Crippen LogP contribution is 2.15. The van der Waals surface area contributed by atoms with E-state index in [2.05, 4.69) is 4.74 Å². The number of rotatable bonds is 4. The van der Waals surface area contributed by atoms with E-state index < -0.39 is 42.4 Å². The Balaban J connectivity index is 2.61. The number of hydrogen-bond donors (Lipinski definition) is 0. The van der Waals surface area contributed by atoms with Gasteiger partial charge in [-0.2, -0.15) is 13.2 Å². The van der Waals surface area contributed by atoms with Crippen LogP contribution in [0.15, 0.2) is 18.2 Å². The molecule has 94 valence electrons. The fourth-order valence-corrected chi connectivity index (χ4v) is 1.05. The fourth-order valence-electron chi connectivity index (χ4n) is 1.05. The molecule has 17 heavy (non-hydrogen) atoms. The van der Waals surface area contributed by atoms with Crippen molar-refractivity contribution in [3.63, 3.8) is 0 Å². The van der Waals surface area contributed by atoms with Crippen LogP contribution in [0.1, 0.15) is 10.4 Å². The first-order valence-corrected chi connectivity index (χ1v) is 4.42. The van der Waals surface area contributed by atoms with Gasteiger partial charge in [-0.05, 0) is 18.2 Å². The van der Waals surface area contributed by atoms with Gasteiger partial charge in [0.2, 0.25) is 0 Å². The zero-order chi connectivity index (χ0) is 13.1. The highest BCUT2D eigenvalue weighted by atomic mass is 19.4. The van der Waals surface area contributed by atoms with Crippen molar-refractivity contribution in [1.82, 2.24) is 0 Å². The van der Waals surface area contributed by atoms with Crippen molar-refractivity contribution in [2.24, 2.45) is 0 Å². The number of ether oxygens (including phenoxy) is 1. The van der Waals surface area contributed by atoms with Crippen LogP contribution in [0, 0.1) is 11.6 Å². The Morgan fingerprint density at radius 3 is 2.47 bits per heavy atom. The summed E-state index contributed by atoms with van der Waals surface area (Å²) in [5.41, 5.74) is -0.632. The maximum Gasteiger partial charge on any atom is 0.411 e. The lowest BCUT2D eigenvalue weighted by molar-refractivity contribution is -0.170. The van der Waals surface area contributed by atoms with E-state index in [4.69, 9.17) is 0 Å². The molecular formula is C10H7F5O2. The van der Waals surface area contributed by atoms with Gasteiger partial charge >= 0.3 is 6.18 Å².